The summed E-state index contributed by atoms with van der Waals surface area (Å²) in [4.78, 5) is 15.4. The number of hydrogen-bond donors (Lipinski definition) is 0. The smallest absolute Gasteiger partial charge is 0.243 e. The minimum absolute atomic E-state index is 0.0341. The Morgan fingerprint density at radius 3 is 2.36 bits per heavy atom. The van der Waals surface area contributed by atoms with Crippen molar-refractivity contribution in [2.45, 2.75) is 30.7 Å². The maximum Gasteiger partial charge on any atom is 0.243 e. The quantitative estimate of drug-likeness (QED) is 0.368. The average Bonchev–Trinajstić information content (AvgIpc) is 3.12. The number of rotatable bonds is 7. The molecule has 3 aromatic carbocycles. The van der Waals surface area contributed by atoms with Gasteiger partial charge in [0, 0.05) is 27.2 Å². The van der Waals surface area contributed by atoms with E-state index in [0.29, 0.717) is 6.42 Å². The lowest BCUT2D eigenvalue weighted by atomic mass is 10.1. The highest BCUT2D eigenvalue weighted by Crippen LogP contribution is 2.34. The third-order valence-electron chi connectivity index (χ3n) is 5.78. The van der Waals surface area contributed by atoms with Gasteiger partial charge in [-0.1, -0.05) is 62.2 Å². The summed E-state index contributed by atoms with van der Waals surface area (Å²) in [5, 5.41) is 0. The van der Waals surface area contributed by atoms with Gasteiger partial charge >= 0.3 is 0 Å². The normalized spacial score (nSPS) is 15.6. The minimum atomic E-state index is -3.86. The van der Waals surface area contributed by atoms with Crippen LogP contribution in [0.3, 0.4) is 0 Å². The summed E-state index contributed by atoms with van der Waals surface area (Å²) < 4.78 is 30.1. The Kier molecular flexibility index (Phi) is 7.38. The molecule has 0 aromatic heterocycles. The molecule has 0 radical (unpaired) electrons. The van der Waals surface area contributed by atoms with Crippen LogP contribution >= 0.6 is 31.9 Å². The SMILES string of the molecule is CC1Cc2cc(Br)ccc2N1C(=O)CN(CCc1ccccc1)S(=O)(=O)c1ccc(Br)cc1. The van der Waals surface area contributed by atoms with Crippen LogP contribution in [0.15, 0.2) is 86.6 Å². The van der Waals surface area contributed by atoms with Crippen LogP contribution in [0.1, 0.15) is 18.1 Å². The molecule has 0 bridgehead atoms. The first kappa shape index (κ1) is 24.1. The van der Waals surface area contributed by atoms with Gasteiger partial charge in [0.25, 0.3) is 0 Å². The zero-order chi connectivity index (χ0) is 23.6. The second kappa shape index (κ2) is 10.1. The van der Waals surface area contributed by atoms with Gasteiger partial charge < -0.3 is 4.90 Å². The lowest BCUT2D eigenvalue weighted by Crippen LogP contribution is -2.45. The van der Waals surface area contributed by atoms with E-state index in [4.69, 9.17) is 0 Å². The predicted molar refractivity (Wildman–Crippen MR) is 138 cm³/mol. The fraction of sp³-hybridized carbons (Fsp3) is 0.240. The van der Waals surface area contributed by atoms with Crippen molar-refractivity contribution in [2.24, 2.45) is 0 Å². The number of amides is 1. The maximum atomic E-state index is 13.5. The molecule has 0 spiro atoms. The van der Waals surface area contributed by atoms with Gasteiger partial charge in [-0.15, -0.1) is 0 Å². The Labute approximate surface area is 211 Å². The molecule has 0 saturated carbocycles. The summed E-state index contributed by atoms with van der Waals surface area (Å²) in [6.45, 7) is 1.98. The van der Waals surface area contributed by atoms with E-state index in [0.717, 1.165) is 32.2 Å². The van der Waals surface area contributed by atoms with Gasteiger partial charge in [-0.2, -0.15) is 4.31 Å². The molecule has 0 saturated heterocycles. The third-order valence-corrected chi connectivity index (χ3v) is 8.66. The molecule has 1 aliphatic rings. The summed E-state index contributed by atoms with van der Waals surface area (Å²) >= 11 is 6.84. The Hall–Kier alpha value is -2.00. The van der Waals surface area contributed by atoms with Crippen LogP contribution in [0.5, 0.6) is 0 Å². The lowest BCUT2D eigenvalue weighted by Gasteiger charge is -2.27. The molecular weight excluding hydrogens is 568 g/mol. The van der Waals surface area contributed by atoms with E-state index in [-0.39, 0.29) is 29.9 Å². The monoisotopic (exact) mass is 590 g/mol. The first-order chi connectivity index (χ1) is 15.8. The molecule has 172 valence electrons. The molecule has 1 atom stereocenters. The van der Waals surface area contributed by atoms with Crippen molar-refractivity contribution in [1.82, 2.24) is 4.31 Å². The number of carbonyl (C=O) groups excluding carboxylic acids is 1. The number of carbonyl (C=O) groups is 1. The van der Waals surface area contributed by atoms with Gasteiger partial charge in [0.1, 0.15) is 0 Å². The van der Waals surface area contributed by atoms with Crippen LogP contribution in [-0.4, -0.2) is 37.8 Å². The molecule has 3 aromatic rings. The van der Waals surface area contributed by atoms with Gasteiger partial charge in [0.05, 0.1) is 11.4 Å². The molecule has 1 aliphatic heterocycles. The van der Waals surface area contributed by atoms with Crippen LogP contribution < -0.4 is 4.90 Å². The number of anilines is 1. The van der Waals surface area contributed by atoms with Crippen molar-refractivity contribution in [3.05, 3.63) is 92.9 Å². The van der Waals surface area contributed by atoms with E-state index in [9.17, 15) is 13.2 Å². The largest absolute Gasteiger partial charge is 0.308 e. The second-order valence-electron chi connectivity index (χ2n) is 8.12. The molecule has 1 heterocycles. The molecule has 0 aliphatic carbocycles. The summed E-state index contributed by atoms with van der Waals surface area (Å²) in [7, 11) is -3.86. The maximum absolute atomic E-state index is 13.5. The Bertz CT molecular complexity index is 1250. The molecule has 1 amide bonds. The van der Waals surface area contributed by atoms with Crippen LogP contribution in [0.25, 0.3) is 0 Å². The van der Waals surface area contributed by atoms with Gasteiger partial charge in [-0.25, -0.2) is 8.42 Å². The minimum Gasteiger partial charge on any atom is -0.308 e. The number of hydrogen-bond acceptors (Lipinski definition) is 3. The number of fused-ring (bicyclic) bond motifs is 1. The first-order valence-corrected chi connectivity index (χ1v) is 13.7. The molecule has 5 nitrogen and oxygen atoms in total. The molecule has 1 unspecified atom stereocenters. The van der Waals surface area contributed by atoms with Crippen molar-refractivity contribution < 1.29 is 13.2 Å². The van der Waals surface area contributed by atoms with E-state index in [1.54, 1.807) is 29.2 Å². The molecular formula is C25H24Br2N2O3S. The highest BCUT2D eigenvalue weighted by Gasteiger charge is 2.34. The Morgan fingerprint density at radius 1 is 1.00 bits per heavy atom. The summed E-state index contributed by atoms with van der Waals surface area (Å²) in [5.74, 6) is -0.225. The Morgan fingerprint density at radius 2 is 1.67 bits per heavy atom. The molecule has 33 heavy (non-hydrogen) atoms. The summed E-state index contributed by atoms with van der Waals surface area (Å²) in [5.41, 5.74) is 2.95. The van der Waals surface area contributed by atoms with E-state index in [1.165, 1.54) is 4.31 Å². The van der Waals surface area contributed by atoms with Crippen LogP contribution in [0, 0.1) is 0 Å². The highest BCUT2D eigenvalue weighted by molar-refractivity contribution is 9.10. The van der Waals surface area contributed by atoms with E-state index in [1.807, 2.05) is 55.5 Å². The van der Waals surface area contributed by atoms with Gasteiger partial charge in [0.15, 0.2) is 0 Å². The molecule has 8 heteroatoms. The second-order valence-corrected chi connectivity index (χ2v) is 11.9. The fourth-order valence-corrected chi connectivity index (χ4v) is 6.21. The standard InChI is InChI=1S/C25H24Br2N2O3S/c1-18-15-20-16-22(27)9-12-24(20)29(18)25(30)17-28(14-13-19-5-3-2-4-6-19)33(31,32)23-10-7-21(26)8-11-23/h2-12,16,18H,13-15,17H2,1H3. The zero-order valence-corrected chi connectivity index (χ0v) is 22.1. The van der Waals surface area contributed by atoms with Gasteiger partial charge in [-0.3, -0.25) is 4.79 Å². The summed E-state index contributed by atoms with van der Waals surface area (Å²) in [6, 6.07) is 22.0. The number of benzene rings is 3. The van der Waals surface area contributed by atoms with Gasteiger partial charge in [-0.05, 0) is 73.4 Å². The van der Waals surface area contributed by atoms with Crippen molar-refractivity contribution in [2.75, 3.05) is 18.0 Å². The van der Waals surface area contributed by atoms with Crippen LogP contribution in [0.2, 0.25) is 0 Å². The molecule has 4 rings (SSSR count). The molecule has 0 N–H and O–H groups in total. The highest BCUT2D eigenvalue weighted by atomic mass is 79.9. The lowest BCUT2D eigenvalue weighted by molar-refractivity contribution is -0.119. The first-order valence-electron chi connectivity index (χ1n) is 10.7. The van der Waals surface area contributed by atoms with Crippen molar-refractivity contribution in [3.63, 3.8) is 0 Å². The summed E-state index contributed by atoms with van der Waals surface area (Å²) in [6.07, 6.45) is 1.26. The van der Waals surface area contributed by atoms with Crippen LogP contribution in [0.4, 0.5) is 5.69 Å². The van der Waals surface area contributed by atoms with Crippen LogP contribution in [-0.2, 0) is 27.7 Å². The van der Waals surface area contributed by atoms with Crippen molar-refractivity contribution in [1.29, 1.82) is 0 Å². The topological polar surface area (TPSA) is 57.7 Å². The van der Waals surface area contributed by atoms with E-state index >= 15 is 0 Å². The van der Waals surface area contributed by atoms with E-state index in [2.05, 4.69) is 31.9 Å². The van der Waals surface area contributed by atoms with Crippen molar-refractivity contribution in [3.8, 4) is 0 Å². The predicted octanol–water partition coefficient (Wildman–Crippen LogP) is 5.42. The van der Waals surface area contributed by atoms with Crippen molar-refractivity contribution >= 4 is 53.5 Å². The number of halogens is 2. The number of nitrogens with zero attached hydrogens (tertiary/aromatic N) is 2. The third kappa shape index (κ3) is 5.40. The molecule has 0 fully saturated rings. The van der Waals surface area contributed by atoms with E-state index < -0.39 is 10.0 Å². The fourth-order valence-electron chi connectivity index (χ4n) is 4.15. The Balaban J connectivity index is 1.62. The zero-order valence-electron chi connectivity index (χ0n) is 18.1. The average molecular weight is 592 g/mol. The van der Waals surface area contributed by atoms with Gasteiger partial charge in [0.2, 0.25) is 15.9 Å². The number of sulfonamides is 1.